The van der Waals surface area contributed by atoms with Gasteiger partial charge in [-0.3, -0.25) is 9.48 Å². The summed E-state index contributed by atoms with van der Waals surface area (Å²) in [4.78, 5) is 27.6. The molecule has 2 aromatic heterocycles. The van der Waals surface area contributed by atoms with Crippen LogP contribution in [0.1, 0.15) is 18.2 Å². The van der Waals surface area contributed by atoms with Crippen molar-refractivity contribution in [2.45, 2.75) is 26.6 Å². The third-order valence-corrected chi connectivity index (χ3v) is 4.35. The number of carbonyl (C=O) groups excluding carboxylic acids is 1. The molecular weight excluding hydrogens is 316 g/mol. The van der Waals surface area contributed by atoms with Gasteiger partial charge in [-0.15, -0.1) is 0 Å². The molecule has 4 rings (SSSR count). The van der Waals surface area contributed by atoms with Crippen LogP contribution in [0.3, 0.4) is 0 Å². The van der Waals surface area contributed by atoms with Gasteiger partial charge < -0.3 is 4.90 Å². The number of benzene rings is 1. The average molecular weight is 334 g/mol. The predicted octanol–water partition coefficient (Wildman–Crippen LogP) is 1.91. The number of hydrogen-bond acceptors (Lipinski definition) is 5. The van der Waals surface area contributed by atoms with Crippen LogP contribution in [0.4, 0.5) is 0 Å². The Kier molecular flexibility index (Phi) is 3.97. The first-order valence-corrected chi connectivity index (χ1v) is 8.22. The third-order valence-electron chi connectivity index (χ3n) is 4.35. The number of fused-ring (bicyclic) bond motifs is 1. The van der Waals surface area contributed by atoms with E-state index in [2.05, 4.69) is 20.1 Å². The van der Waals surface area contributed by atoms with E-state index >= 15 is 0 Å². The van der Waals surface area contributed by atoms with Crippen LogP contribution in [-0.4, -0.2) is 35.5 Å². The maximum Gasteiger partial charge on any atom is 0.227 e. The second-order valence-electron chi connectivity index (χ2n) is 6.24. The molecule has 0 aliphatic carbocycles. The lowest BCUT2D eigenvalue weighted by molar-refractivity contribution is -0.136. The van der Waals surface area contributed by atoms with Gasteiger partial charge in [-0.2, -0.15) is 5.10 Å². The first-order chi connectivity index (χ1) is 12.2. The molecule has 0 fully saturated rings. The number of nitrogens with zero attached hydrogens (tertiary/aromatic N) is 6. The molecule has 0 bridgehead atoms. The number of hydrogen-bond donors (Lipinski definition) is 0. The van der Waals surface area contributed by atoms with Crippen LogP contribution < -0.4 is 0 Å². The molecule has 126 valence electrons. The van der Waals surface area contributed by atoms with Gasteiger partial charge in [0, 0.05) is 23.9 Å². The highest BCUT2D eigenvalue weighted by Crippen LogP contribution is 2.25. The molecule has 0 spiro atoms. The van der Waals surface area contributed by atoms with Gasteiger partial charge in [0.1, 0.15) is 12.7 Å². The second kappa shape index (κ2) is 6.43. The fourth-order valence-electron chi connectivity index (χ4n) is 3.03. The summed E-state index contributed by atoms with van der Waals surface area (Å²) in [6.45, 7) is 3.52. The van der Waals surface area contributed by atoms with Crippen LogP contribution in [0.25, 0.3) is 11.4 Å². The SMILES string of the molecule is CC(Cn1cncn1)C(=O)N1Cc2cnc(-c3ccccc3)nc2C1. The number of aromatic nitrogens is 5. The van der Waals surface area contributed by atoms with E-state index in [0.29, 0.717) is 25.5 Å². The van der Waals surface area contributed by atoms with Crippen molar-refractivity contribution in [2.75, 3.05) is 0 Å². The normalized spacial score (nSPS) is 14.4. The Morgan fingerprint density at radius 2 is 2.08 bits per heavy atom. The van der Waals surface area contributed by atoms with Crippen molar-refractivity contribution in [3.63, 3.8) is 0 Å². The number of amides is 1. The lowest BCUT2D eigenvalue weighted by Gasteiger charge is -2.19. The van der Waals surface area contributed by atoms with Gasteiger partial charge in [0.05, 0.1) is 24.7 Å². The van der Waals surface area contributed by atoms with E-state index in [0.717, 1.165) is 16.8 Å². The minimum atomic E-state index is -0.169. The molecule has 1 unspecified atom stereocenters. The third kappa shape index (κ3) is 3.13. The number of rotatable bonds is 4. The molecule has 7 nitrogen and oxygen atoms in total. The lowest BCUT2D eigenvalue weighted by Crippen LogP contribution is -2.32. The quantitative estimate of drug-likeness (QED) is 0.728. The summed E-state index contributed by atoms with van der Waals surface area (Å²) < 4.78 is 1.68. The smallest absolute Gasteiger partial charge is 0.227 e. The Labute approximate surface area is 145 Å². The highest BCUT2D eigenvalue weighted by molar-refractivity contribution is 5.79. The molecule has 0 radical (unpaired) electrons. The van der Waals surface area contributed by atoms with E-state index in [4.69, 9.17) is 0 Å². The van der Waals surface area contributed by atoms with Crippen LogP contribution >= 0.6 is 0 Å². The summed E-state index contributed by atoms with van der Waals surface area (Å²) in [5.41, 5.74) is 2.92. The van der Waals surface area contributed by atoms with E-state index in [-0.39, 0.29) is 11.8 Å². The maximum atomic E-state index is 12.7. The zero-order chi connectivity index (χ0) is 17.2. The Balaban J connectivity index is 1.48. The minimum Gasteiger partial charge on any atom is -0.332 e. The van der Waals surface area contributed by atoms with Crippen molar-refractivity contribution in [1.82, 2.24) is 29.6 Å². The summed E-state index contributed by atoms with van der Waals surface area (Å²) in [5.74, 6) is 0.622. The molecule has 3 aromatic rings. The Morgan fingerprint density at radius 1 is 1.24 bits per heavy atom. The highest BCUT2D eigenvalue weighted by Gasteiger charge is 2.28. The molecule has 1 aliphatic rings. The van der Waals surface area contributed by atoms with E-state index in [1.807, 2.05) is 48.4 Å². The van der Waals surface area contributed by atoms with Gasteiger partial charge in [-0.05, 0) is 0 Å². The first-order valence-electron chi connectivity index (χ1n) is 8.22. The fraction of sp³-hybridized carbons (Fsp3) is 0.278. The van der Waals surface area contributed by atoms with Crippen molar-refractivity contribution in [3.8, 4) is 11.4 Å². The monoisotopic (exact) mass is 334 g/mol. The molecule has 1 aromatic carbocycles. The van der Waals surface area contributed by atoms with Crippen LogP contribution in [0.15, 0.2) is 49.2 Å². The Morgan fingerprint density at radius 3 is 2.84 bits per heavy atom. The topological polar surface area (TPSA) is 76.8 Å². The van der Waals surface area contributed by atoms with Crippen molar-refractivity contribution in [3.05, 3.63) is 60.4 Å². The summed E-state index contributed by atoms with van der Waals surface area (Å²) >= 11 is 0. The highest BCUT2D eigenvalue weighted by atomic mass is 16.2. The van der Waals surface area contributed by atoms with Gasteiger partial charge in [-0.1, -0.05) is 37.3 Å². The van der Waals surface area contributed by atoms with E-state index < -0.39 is 0 Å². The fourth-order valence-corrected chi connectivity index (χ4v) is 3.03. The molecular formula is C18H18N6O. The largest absolute Gasteiger partial charge is 0.332 e. The molecule has 7 heteroatoms. The summed E-state index contributed by atoms with van der Waals surface area (Å²) in [5, 5.41) is 4.06. The van der Waals surface area contributed by atoms with E-state index in [1.165, 1.54) is 6.33 Å². The molecule has 1 aliphatic heterocycles. The van der Waals surface area contributed by atoms with Crippen LogP contribution in [0, 0.1) is 5.92 Å². The standard InChI is InChI=1S/C18H18N6O/c1-13(8-24-12-19-11-21-24)18(25)23-9-15-7-20-17(22-16(15)10-23)14-5-3-2-4-6-14/h2-7,11-13H,8-10H2,1H3. The van der Waals surface area contributed by atoms with Crippen molar-refractivity contribution in [1.29, 1.82) is 0 Å². The minimum absolute atomic E-state index is 0.0924. The van der Waals surface area contributed by atoms with Crippen molar-refractivity contribution >= 4 is 5.91 Å². The van der Waals surface area contributed by atoms with E-state index in [9.17, 15) is 4.79 Å². The van der Waals surface area contributed by atoms with Gasteiger partial charge in [0.2, 0.25) is 5.91 Å². The van der Waals surface area contributed by atoms with Gasteiger partial charge >= 0.3 is 0 Å². The lowest BCUT2D eigenvalue weighted by atomic mass is 10.1. The zero-order valence-corrected chi connectivity index (χ0v) is 13.9. The Hall–Kier alpha value is -3.09. The van der Waals surface area contributed by atoms with Gasteiger partial charge in [0.25, 0.3) is 0 Å². The molecule has 25 heavy (non-hydrogen) atoms. The maximum absolute atomic E-state index is 12.7. The molecule has 0 N–H and O–H groups in total. The summed E-state index contributed by atoms with van der Waals surface area (Å²) in [6.07, 6.45) is 4.93. The predicted molar refractivity (Wildman–Crippen MR) is 90.9 cm³/mol. The molecule has 1 amide bonds. The van der Waals surface area contributed by atoms with Gasteiger partial charge in [-0.25, -0.2) is 15.0 Å². The van der Waals surface area contributed by atoms with Crippen molar-refractivity contribution in [2.24, 2.45) is 5.92 Å². The van der Waals surface area contributed by atoms with Gasteiger partial charge in [0.15, 0.2) is 5.82 Å². The van der Waals surface area contributed by atoms with Crippen LogP contribution in [-0.2, 0) is 24.4 Å². The molecule has 0 saturated heterocycles. The Bertz CT molecular complexity index is 878. The second-order valence-corrected chi connectivity index (χ2v) is 6.24. The molecule has 3 heterocycles. The molecule has 0 saturated carbocycles. The van der Waals surface area contributed by atoms with Crippen molar-refractivity contribution < 1.29 is 4.79 Å². The molecule has 1 atom stereocenters. The first kappa shape index (κ1) is 15.4. The van der Waals surface area contributed by atoms with E-state index in [1.54, 1.807) is 11.0 Å². The number of carbonyl (C=O) groups is 1. The summed E-state index contributed by atoms with van der Waals surface area (Å²) in [6, 6.07) is 9.87. The van der Waals surface area contributed by atoms with Crippen LogP contribution in [0.2, 0.25) is 0 Å². The summed E-state index contributed by atoms with van der Waals surface area (Å²) in [7, 11) is 0. The zero-order valence-electron chi connectivity index (χ0n) is 13.9. The van der Waals surface area contributed by atoms with Crippen LogP contribution in [0.5, 0.6) is 0 Å². The average Bonchev–Trinajstić information content (AvgIpc) is 3.30.